The van der Waals surface area contributed by atoms with Crippen molar-refractivity contribution in [3.63, 3.8) is 0 Å². The van der Waals surface area contributed by atoms with Gasteiger partial charge < -0.3 is 0 Å². The van der Waals surface area contributed by atoms with E-state index in [9.17, 15) is 13.2 Å². The van der Waals surface area contributed by atoms with Gasteiger partial charge in [-0.3, -0.25) is 14.8 Å². The minimum Gasteiger partial charge on any atom is -0.298 e. The maximum atomic E-state index is 12.6. The molecule has 29 heavy (non-hydrogen) atoms. The van der Waals surface area contributed by atoms with Crippen LogP contribution in [0.25, 0.3) is 10.2 Å². The summed E-state index contributed by atoms with van der Waals surface area (Å²) in [7, 11) is -3.68. The predicted molar refractivity (Wildman–Crippen MR) is 116 cm³/mol. The van der Waals surface area contributed by atoms with E-state index in [0.29, 0.717) is 16.4 Å². The first-order valence-corrected chi connectivity index (χ1v) is 11.1. The molecule has 4 rings (SSSR count). The Bertz CT molecular complexity index is 1290. The third kappa shape index (κ3) is 4.13. The summed E-state index contributed by atoms with van der Waals surface area (Å²) in [5.74, 6) is -0.243. The number of aryl methyl sites for hydroxylation is 1. The maximum absolute atomic E-state index is 12.6. The van der Waals surface area contributed by atoms with Gasteiger partial charge in [0.25, 0.3) is 15.9 Å². The molecule has 0 saturated carbocycles. The number of carbonyl (C=O) groups excluding carboxylic acids is 1. The average molecular weight is 424 g/mol. The third-order valence-electron chi connectivity index (χ3n) is 4.25. The van der Waals surface area contributed by atoms with Crippen LogP contribution in [-0.4, -0.2) is 19.3 Å². The van der Waals surface area contributed by atoms with Crippen LogP contribution in [0.3, 0.4) is 0 Å². The molecule has 6 nitrogen and oxygen atoms in total. The first kappa shape index (κ1) is 19.1. The van der Waals surface area contributed by atoms with Gasteiger partial charge >= 0.3 is 0 Å². The van der Waals surface area contributed by atoms with E-state index in [4.69, 9.17) is 0 Å². The molecule has 0 atom stereocenters. The van der Waals surface area contributed by atoms with Crippen LogP contribution in [0, 0.1) is 6.92 Å². The van der Waals surface area contributed by atoms with Crippen LogP contribution in [-0.2, 0) is 10.0 Å². The summed E-state index contributed by atoms with van der Waals surface area (Å²) in [5.41, 5.74) is 2.52. The number of sulfonamides is 1. The van der Waals surface area contributed by atoms with E-state index in [2.05, 4.69) is 15.0 Å². The summed E-state index contributed by atoms with van der Waals surface area (Å²) in [5, 5.41) is 3.26. The van der Waals surface area contributed by atoms with Crippen LogP contribution in [0.1, 0.15) is 15.9 Å². The van der Waals surface area contributed by atoms with Gasteiger partial charge in [0.15, 0.2) is 5.13 Å². The highest BCUT2D eigenvalue weighted by Crippen LogP contribution is 2.32. The normalized spacial score (nSPS) is 11.3. The zero-order chi connectivity index (χ0) is 20.4. The molecule has 146 valence electrons. The van der Waals surface area contributed by atoms with Crippen molar-refractivity contribution in [2.75, 3.05) is 10.0 Å². The lowest BCUT2D eigenvalue weighted by atomic mass is 10.2. The first-order valence-electron chi connectivity index (χ1n) is 8.78. The minimum atomic E-state index is -3.68. The number of hydrogen-bond acceptors (Lipinski definition) is 5. The number of amides is 1. The molecule has 0 aliphatic heterocycles. The van der Waals surface area contributed by atoms with Gasteiger partial charge in [-0.25, -0.2) is 13.4 Å². The van der Waals surface area contributed by atoms with E-state index in [1.54, 1.807) is 54.6 Å². The molecule has 0 aliphatic carbocycles. The van der Waals surface area contributed by atoms with E-state index in [1.165, 1.54) is 23.5 Å². The maximum Gasteiger partial charge on any atom is 0.261 e. The zero-order valence-corrected chi connectivity index (χ0v) is 17.0. The molecule has 0 saturated heterocycles. The van der Waals surface area contributed by atoms with Crippen LogP contribution < -0.4 is 10.0 Å². The molecule has 1 aromatic heterocycles. The van der Waals surface area contributed by atoms with Crippen LogP contribution in [0.15, 0.2) is 77.7 Å². The van der Waals surface area contributed by atoms with E-state index < -0.39 is 10.0 Å². The molecule has 0 radical (unpaired) electrons. The standard InChI is InChI=1S/C21H17N3O3S2/c1-14-12-16(24-29(26,27)17-10-6-3-7-11-17)13-18-19(14)22-21(28-18)23-20(25)15-8-4-2-5-9-15/h2-13,24H,1H3,(H,22,23,25). The Kier molecular flexibility index (Phi) is 5.04. The number of aromatic nitrogens is 1. The van der Waals surface area contributed by atoms with Crippen molar-refractivity contribution in [3.8, 4) is 0 Å². The summed E-state index contributed by atoms with van der Waals surface area (Å²) in [4.78, 5) is 17.0. The fourth-order valence-electron chi connectivity index (χ4n) is 2.88. The zero-order valence-electron chi connectivity index (χ0n) is 15.4. The summed E-state index contributed by atoms with van der Waals surface area (Å²) in [6, 6.07) is 20.5. The average Bonchev–Trinajstić information content (AvgIpc) is 3.12. The Labute approximate surface area is 172 Å². The topological polar surface area (TPSA) is 88.2 Å². The number of rotatable bonds is 5. The molecule has 0 bridgehead atoms. The second kappa shape index (κ2) is 7.65. The summed E-state index contributed by atoms with van der Waals surface area (Å²) in [6.07, 6.45) is 0. The molecule has 8 heteroatoms. The van der Waals surface area contributed by atoms with Gasteiger partial charge in [0.2, 0.25) is 0 Å². The Morgan fingerprint density at radius 1 is 0.966 bits per heavy atom. The molecule has 1 heterocycles. The van der Waals surface area contributed by atoms with Gasteiger partial charge in [-0.15, -0.1) is 0 Å². The monoisotopic (exact) mass is 423 g/mol. The molecule has 0 unspecified atom stereocenters. The molecule has 3 aromatic carbocycles. The number of benzene rings is 3. The summed E-state index contributed by atoms with van der Waals surface area (Å²) < 4.78 is 28.5. The number of carbonyl (C=O) groups is 1. The van der Waals surface area contributed by atoms with Gasteiger partial charge in [0, 0.05) is 5.56 Å². The van der Waals surface area contributed by atoms with Crippen molar-refractivity contribution in [2.45, 2.75) is 11.8 Å². The van der Waals surface area contributed by atoms with Crippen LogP contribution in [0.4, 0.5) is 10.8 Å². The van der Waals surface area contributed by atoms with Crippen LogP contribution in [0.5, 0.6) is 0 Å². The van der Waals surface area contributed by atoms with Crippen LogP contribution >= 0.6 is 11.3 Å². The fraction of sp³-hybridized carbons (Fsp3) is 0.0476. The predicted octanol–water partition coefficient (Wildman–Crippen LogP) is 4.66. The number of nitrogens with zero attached hydrogens (tertiary/aromatic N) is 1. The van der Waals surface area contributed by atoms with E-state index >= 15 is 0 Å². The number of nitrogens with one attached hydrogen (secondary N) is 2. The van der Waals surface area contributed by atoms with Crippen molar-refractivity contribution >= 4 is 48.3 Å². The Morgan fingerprint density at radius 2 is 1.62 bits per heavy atom. The van der Waals surface area contributed by atoms with Crippen LogP contribution in [0.2, 0.25) is 0 Å². The van der Waals surface area contributed by atoms with E-state index in [1.807, 2.05) is 13.0 Å². The highest BCUT2D eigenvalue weighted by atomic mass is 32.2. The van der Waals surface area contributed by atoms with Gasteiger partial charge in [-0.1, -0.05) is 47.7 Å². The Morgan fingerprint density at radius 3 is 2.31 bits per heavy atom. The molecule has 4 aromatic rings. The number of anilines is 2. The minimum absolute atomic E-state index is 0.192. The smallest absolute Gasteiger partial charge is 0.261 e. The van der Waals surface area contributed by atoms with E-state index in [0.717, 1.165) is 15.8 Å². The van der Waals surface area contributed by atoms with Crippen molar-refractivity contribution in [1.29, 1.82) is 0 Å². The lowest BCUT2D eigenvalue weighted by molar-refractivity contribution is 0.102. The first-order chi connectivity index (χ1) is 13.9. The molecule has 0 fully saturated rings. The summed E-state index contributed by atoms with van der Waals surface area (Å²) >= 11 is 1.29. The molecular formula is C21H17N3O3S2. The molecule has 0 spiro atoms. The number of thiazole rings is 1. The Balaban J connectivity index is 1.61. The number of hydrogen-bond donors (Lipinski definition) is 2. The van der Waals surface area contributed by atoms with Crippen molar-refractivity contribution in [3.05, 3.63) is 83.9 Å². The summed E-state index contributed by atoms with van der Waals surface area (Å²) in [6.45, 7) is 1.85. The van der Waals surface area contributed by atoms with E-state index in [-0.39, 0.29) is 10.8 Å². The number of fused-ring (bicyclic) bond motifs is 1. The molecule has 2 N–H and O–H groups in total. The van der Waals surface area contributed by atoms with Gasteiger partial charge in [-0.2, -0.15) is 0 Å². The molecule has 1 amide bonds. The van der Waals surface area contributed by atoms with Gasteiger partial charge in [0.1, 0.15) is 0 Å². The van der Waals surface area contributed by atoms with Gasteiger partial charge in [0.05, 0.1) is 20.8 Å². The van der Waals surface area contributed by atoms with Crippen molar-refractivity contribution < 1.29 is 13.2 Å². The lowest BCUT2D eigenvalue weighted by Gasteiger charge is -2.09. The second-order valence-corrected chi connectivity index (χ2v) is 9.11. The molecular weight excluding hydrogens is 406 g/mol. The van der Waals surface area contributed by atoms with Gasteiger partial charge in [-0.05, 0) is 48.9 Å². The highest BCUT2D eigenvalue weighted by Gasteiger charge is 2.16. The lowest BCUT2D eigenvalue weighted by Crippen LogP contribution is -2.12. The third-order valence-corrected chi connectivity index (χ3v) is 6.56. The van der Waals surface area contributed by atoms with Crippen molar-refractivity contribution in [2.24, 2.45) is 0 Å². The SMILES string of the molecule is Cc1cc(NS(=O)(=O)c2ccccc2)cc2sc(NC(=O)c3ccccc3)nc12. The highest BCUT2D eigenvalue weighted by molar-refractivity contribution is 7.92. The molecule has 0 aliphatic rings. The Hall–Kier alpha value is -3.23. The largest absolute Gasteiger partial charge is 0.298 e. The quantitative estimate of drug-likeness (QED) is 0.489. The van der Waals surface area contributed by atoms with Crippen molar-refractivity contribution in [1.82, 2.24) is 4.98 Å². The second-order valence-electron chi connectivity index (χ2n) is 6.40. The fourth-order valence-corrected chi connectivity index (χ4v) is 4.92.